The first-order valence-corrected chi connectivity index (χ1v) is 11.5. The standard InChI is InChI=1S/C22H25N3O7S.Na/c1-9-16-15(10(2)26)20(28)25(16)17(22(31)32)18(9)33-13-7-14(23-8-13)19(27)24-12-5-3-4-11(6-12)21(29)30;/h3-6,9-10,13-16,23,26H,7-8H2,1-2H3,(H,24,27)(H,29,30)(H,31,32);/q;+1/p-1. The number of nitrogens with one attached hydrogen (secondary N) is 1. The molecule has 1 aromatic rings. The summed E-state index contributed by atoms with van der Waals surface area (Å²) < 4.78 is 0. The summed E-state index contributed by atoms with van der Waals surface area (Å²) in [7, 11) is 0. The van der Waals surface area contributed by atoms with Crippen LogP contribution in [0.25, 0.3) is 0 Å². The first-order chi connectivity index (χ1) is 15.6. The number of β-lactam (4-membered cyclic amide) rings is 1. The predicted octanol–water partition coefficient (Wildman–Crippen LogP) is -2.60. The second-order valence-corrected chi connectivity index (χ2v) is 9.86. The molecule has 0 spiro atoms. The molecule has 10 nitrogen and oxygen atoms in total. The number of aliphatic hydroxyl groups is 1. The number of carboxylic acid groups (broad SMARTS) is 2. The van der Waals surface area contributed by atoms with Crippen molar-refractivity contribution in [1.29, 1.82) is 0 Å². The summed E-state index contributed by atoms with van der Waals surface area (Å²) >= 11 is 1.35. The van der Waals surface area contributed by atoms with Gasteiger partial charge >= 0.3 is 41.5 Å². The number of fused-ring (bicyclic) bond motifs is 1. The molecular weight excluding hydrogens is 473 g/mol. The molecule has 4 rings (SSSR count). The van der Waals surface area contributed by atoms with E-state index < -0.39 is 35.9 Å². The Morgan fingerprint density at radius 2 is 2.00 bits per heavy atom. The monoisotopic (exact) mass is 497 g/mol. The van der Waals surface area contributed by atoms with Crippen LogP contribution in [0.5, 0.6) is 0 Å². The molecule has 176 valence electrons. The van der Waals surface area contributed by atoms with Crippen LogP contribution in [0.3, 0.4) is 0 Å². The third kappa shape index (κ3) is 4.77. The zero-order valence-electron chi connectivity index (χ0n) is 19.0. The Kier molecular flexibility index (Phi) is 8.16. The van der Waals surface area contributed by atoms with E-state index in [2.05, 4.69) is 10.3 Å². The van der Waals surface area contributed by atoms with E-state index in [0.29, 0.717) is 17.9 Å². The third-order valence-corrected chi connectivity index (χ3v) is 7.84. The van der Waals surface area contributed by atoms with Gasteiger partial charge in [0.1, 0.15) is 5.70 Å². The number of hydrogen-bond acceptors (Lipinski definition) is 8. The SMILES string of the molecule is CC(O)C1C(=O)N2C(C(=O)O)=C(SC3CNC(C([O-])=Nc4cccc(C(=O)O)c4)C3)C(C)C12.[Na+]. The maximum atomic E-state index is 12.6. The maximum Gasteiger partial charge on any atom is 1.00 e. The van der Waals surface area contributed by atoms with Gasteiger partial charge in [0.05, 0.1) is 29.3 Å². The van der Waals surface area contributed by atoms with Gasteiger partial charge in [-0.25, -0.2) is 9.59 Å². The predicted molar refractivity (Wildman–Crippen MR) is 118 cm³/mol. The van der Waals surface area contributed by atoms with Crippen LogP contribution in [0, 0.1) is 11.8 Å². The number of rotatable bonds is 7. The molecule has 0 aliphatic carbocycles. The summed E-state index contributed by atoms with van der Waals surface area (Å²) in [6.07, 6.45) is -0.454. The molecule has 3 aliphatic rings. The molecule has 1 aromatic carbocycles. The van der Waals surface area contributed by atoms with Gasteiger partial charge in [0.25, 0.3) is 0 Å². The van der Waals surface area contributed by atoms with E-state index in [4.69, 9.17) is 5.11 Å². The number of aromatic carboxylic acids is 1. The van der Waals surface area contributed by atoms with Crippen LogP contribution in [0.4, 0.5) is 5.69 Å². The molecule has 1 amide bonds. The Bertz CT molecular complexity index is 1080. The molecule has 0 aromatic heterocycles. The van der Waals surface area contributed by atoms with Gasteiger partial charge in [-0.3, -0.25) is 9.79 Å². The first-order valence-electron chi connectivity index (χ1n) is 10.6. The summed E-state index contributed by atoms with van der Waals surface area (Å²) in [5.41, 5.74) is 0.254. The summed E-state index contributed by atoms with van der Waals surface area (Å²) in [5, 5.41) is 44.4. The number of carbonyl (C=O) groups excluding carboxylic acids is 1. The maximum absolute atomic E-state index is 12.6. The van der Waals surface area contributed by atoms with Crippen molar-refractivity contribution < 1.29 is 64.4 Å². The molecule has 6 atom stereocenters. The van der Waals surface area contributed by atoms with E-state index in [0.717, 1.165) is 0 Å². The van der Waals surface area contributed by atoms with Gasteiger partial charge in [0.2, 0.25) is 5.91 Å². The molecule has 0 radical (unpaired) electrons. The van der Waals surface area contributed by atoms with Crippen molar-refractivity contribution >= 4 is 41.2 Å². The number of amides is 1. The van der Waals surface area contributed by atoms with E-state index >= 15 is 0 Å². The van der Waals surface area contributed by atoms with Gasteiger partial charge in [0.15, 0.2) is 0 Å². The minimum Gasteiger partial charge on any atom is -0.861 e. The molecule has 2 saturated heterocycles. The fourth-order valence-corrected chi connectivity index (χ4v) is 6.23. The Morgan fingerprint density at radius 3 is 2.62 bits per heavy atom. The minimum absolute atomic E-state index is 0. The number of hydrogen-bond donors (Lipinski definition) is 4. The molecule has 34 heavy (non-hydrogen) atoms. The molecule has 4 N–H and O–H groups in total. The second-order valence-electron chi connectivity index (χ2n) is 8.51. The van der Waals surface area contributed by atoms with Crippen molar-refractivity contribution in [3.63, 3.8) is 0 Å². The number of carboxylic acids is 2. The van der Waals surface area contributed by atoms with Crippen LogP contribution < -0.4 is 40.0 Å². The fourth-order valence-electron chi connectivity index (χ4n) is 4.75. The van der Waals surface area contributed by atoms with E-state index in [1.165, 1.54) is 41.8 Å². The van der Waals surface area contributed by atoms with Crippen molar-refractivity contribution in [3.8, 4) is 0 Å². The quantitative estimate of drug-likeness (QED) is 0.137. The van der Waals surface area contributed by atoms with Crippen LogP contribution in [-0.4, -0.2) is 73.9 Å². The Labute approximate surface area is 222 Å². The van der Waals surface area contributed by atoms with Crippen molar-refractivity contribution in [2.24, 2.45) is 16.8 Å². The number of aliphatic carboxylic acids is 1. The molecule has 2 fully saturated rings. The smallest absolute Gasteiger partial charge is 0.861 e. The Balaban J connectivity index is 0.00000324. The van der Waals surface area contributed by atoms with Crippen LogP contribution in [0.15, 0.2) is 39.9 Å². The van der Waals surface area contributed by atoms with E-state index in [1.807, 2.05) is 6.92 Å². The number of benzene rings is 1. The molecular formula is C22H24N3NaO7S. The van der Waals surface area contributed by atoms with Gasteiger partial charge < -0.3 is 30.6 Å². The average molecular weight is 498 g/mol. The van der Waals surface area contributed by atoms with Gasteiger partial charge in [-0.1, -0.05) is 13.0 Å². The third-order valence-electron chi connectivity index (χ3n) is 6.33. The van der Waals surface area contributed by atoms with E-state index in [1.54, 1.807) is 6.07 Å². The molecule has 0 saturated carbocycles. The number of nitrogens with zero attached hydrogens (tertiary/aromatic N) is 2. The largest absolute Gasteiger partial charge is 1.00 e. The molecule has 0 bridgehead atoms. The van der Waals surface area contributed by atoms with E-state index in [-0.39, 0.29) is 69.6 Å². The van der Waals surface area contributed by atoms with Crippen LogP contribution in [0.2, 0.25) is 0 Å². The number of thioether (sulfide) groups is 1. The van der Waals surface area contributed by atoms with E-state index in [9.17, 15) is 29.7 Å². The Hall–Kier alpha value is -1.89. The van der Waals surface area contributed by atoms with Gasteiger partial charge in [0, 0.05) is 28.7 Å². The topological polar surface area (TPSA) is 163 Å². The molecule has 12 heteroatoms. The summed E-state index contributed by atoms with van der Waals surface area (Å²) in [4.78, 5) is 41.4. The van der Waals surface area contributed by atoms with Gasteiger partial charge in [-0.15, -0.1) is 11.8 Å². The fraction of sp³-hybridized carbons (Fsp3) is 0.455. The normalized spacial score (nSPS) is 29.4. The summed E-state index contributed by atoms with van der Waals surface area (Å²) in [6.45, 7) is 3.84. The number of carbonyl (C=O) groups is 3. The van der Waals surface area contributed by atoms with Crippen molar-refractivity contribution in [2.75, 3.05) is 6.54 Å². The van der Waals surface area contributed by atoms with Crippen LogP contribution >= 0.6 is 11.8 Å². The van der Waals surface area contributed by atoms with Gasteiger partial charge in [-0.2, -0.15) is 0 Å². The zero-order chi connectivity index (χ0) is 24.0. The average Bonchev–Trinajstić information content (AvgIpc) is 3.30. The van der Waals surface area contributed by atoms with Crippen LogP contribution in [-0.2, 0) is 9.59 Å². The Morgan fingerprint density at radius 1 is 1.29 bits per heavy atom. The first kappa shape index (κ1) is 26.7. The number of aliphatic hydroxyl groups excluding tert-OH is 1. The summed E-state index contributed by atoms with van der Waals surface area (Å²) in [6, 6.07) is 4.85. The minimum atomic E-state index is -1.18. The number of aliphatic imine (C=N–C) groups is 1. The second kappa shape index (κ2) is 10.4. The molecule has 3 aliphatic heterocycles. The van der Waals surface area contributed by atoms with Crippen molar-refractivity contribution in [2.45, 2.75) is 43.7 Å². The van der Waals surface area contributed by atoms with Crippen molar-refractivity contribution in [1.82, 2.24) is 10.2 Å². The summed E-state index contributed by atoms with van der Waals surface area (Å²) in [5.74, 6) is -3.96. The zero-order valence-corrected chi connectivity index (χ0v) is 21.8. The molecule has 3 heterocycles. The van der Waals surface area contributed by atoms with Crippen LogP contribution in [0.1, 0.15) is 30.6 Å². The molecule has 6 unspecified atom stereocenters. The van der Waals surface area contributed by atoms with Gasteiger partial charge in [-0.05, 0) is 37.4 Å². The van der Waals surface area contributed by atoms with Crippen molar-refractivity contribution in [3.05, 3.63) is 40.4 Å².